The third-order valence-electron chi connectivity index (χ3n) is 2.29. The molecule has 0 saturated carbocycles. The van der Waals surface area contributed by atoms with E-state index >= 15 is 0 Å². The van der Waals surface area contributed by atoms with Crippen molar-refractivity contribution in [2.75, 3.05) is 0 Å². The van der Waals surface area contributed by atoms with Crippen LogP contribution in [0.25, 0.3) is 0 Å². The van der Waals surface area contributed by atoms with Gasteiger partial charge in [-0.15, -0.1) is 0 Å². The van der Waals surface area contributed by atoms with E-state index in [9.17, 15) is 14.3 Å². The summed E-state index contributed by atoms with van der Waals surface area (Å²) in [6.45, 7) is 1.56. The van der Waals surface area contributed by atoms with E-state index in [1.165, 1.54) is 24.4 Å². The number of hydrogen-bond donors (Lipinski definition) is 2. The smallest absolute Gasteiger partial charge is 0.251 e. The summed E-state index contributed by atoms with van der Waals surface area (Å²) in [7, 11) is 0. The zero-order valence-electron chi connectivity index (χ0n) is 9.55. The van der Waals surface area contributed by atoms with Crippen LogP contribution in [0, 0.1) is 5.82 Å². The number of hydrogen-bond acceptors (Lipinski definition) is 4. The molecule has 4 nitrogen and oxygen atoms in total. The van der Waals surface area contributed by atoms with Crippen molar-refractivity contribution in [1.29, 1.82) is 0 Å². The second-order valence-corrected chi connectivity index (χ2v) is 4.67. The molecule has 0 spiro atoms. The summed E-state index contributed by atoms with van der Waals surface area (Å²) >= 11 is 0.982. The zero-order chi connectivity index (χ0) is 13.1. The second kappa shape index (κ2) is 5.32. The molecule has 1 heterocycles. The van der Waals surface area contributed by atoms with E-state index in [4.69, 9.17) is 0 Å². The van der Waals surface area contributed by atoms with Gasteiger partial charge in [-0.3, -0.25) is 4.79 Å². The van der Waals surface area contributed by atoms with Crippen LogP contribution in [0.3, 0.4) is 0 Å². The average molecular weight is 266 g/mol. The summed E-state index contributed by atoms with van der Waals surface area (Å²) in [5.74, 6) is -0.454. The Morgan fingerprint density at radius 3 is 2.89 bits per heavy atom. The standard InChI is InChI=1S/C12H11FN2O2S/c1-7(16)8-3-2-4-9(13)11(8)18-12-14-6-5-10(17)15-12/h2-7,16H,1H3,(H,14,15,17). The molecule has 2 rings (SSSR count). The van der Waals surface area contributed by atoms with E-state index in [2.05, 4.69) is 9.97 Å². The predicted molar refractivity (Wildman–Crippen MR) is 66.0 cm³/mol. The number of aliphatic hydroxyl groups excluding tert-OH is 1. The van der Waals surface area contributed by atoms with Crippen molar-refractivity contribution < 1.29 is 9.50 Å². The van der Waals surface area contributed by atoms with E-state index in [1.54, 1.807) is 13.0 Å². The Balaban J connectivity index is 2.42. The van der Waals surface area contributed by atoms with Crippen molar-refractivity contribution in [3.05, 3.63) is 52.2 Å². The van der Waals surface area contributed by atoms with Crippen LogP contribution in [0.4, 0.5) is 4.39 Å². The van der Waals surface area contributed by atoms with Gasteiger partial charge in [0, 0.05) is 12.3 Å². The van der Waals surface area contributed by atoms with E-state index in [0.29, 0.717) is 5.56 Å². The zero-order valence-corrected chi connectivity index (χ0v) is 10.4. The van der Waals surface area contributed by atoms with Crippen molar-refractivity contribution in [3.63, 3.8) is 0 Å². The highest BCUT2D eigenvalue weighted by atomic mass is 32.2. The second-order valence-electron chi connectivity index (χ2n) is 3.68. The molecule has 1 aromatic carbocycles. The first-order valence-electron chi connectivity index (χ1n) is 5.27. The maximum atomic E-state index is 13.7. The van der Waals surface area contributed by atoms with Crippen molar-refractivity contribution in [2.24, 2.45) is 0 Å². The molecule has 2 N–H and O–H groups in total. The lowest BCUT2D eigenvalue weighted by atomic mass is 10.1. The van der Waals surface area contributed by atoms with Gasteiger partial charge in [0.25, 0.3) is 5.56 Å². The average Bonchev–Trinajstić information content (AvgIpc) is 2.31. The molecule has 0 aliphatic rings. The van der Waals surface area contributed by atoms with Crippen LogP contribution >= 0.6 is 11.8 Å². The Bertz CT molecular complexity index is 613. The molecule has 0 aliphatic heterocycles. The molecule has 1 unspecified atom stereocenters. The molecule has 0 bridgehead atoms. The van der Waals surface area contributed by atoms with Crippen LogP contribution in [0.5, 0.6) is 0 Å². The lowest BCUT2D eigenvalue weighted by molar-refractivity contribution is 0.195. The molecule has 0 fully saturated rings. The molecular formula is C12H11FN2O2S. The van der Waals surface area contributed by atoms with Crippen molar-refractivity contribution >= 4 is 11.8 Å². The molecule has 1 atom stereocenters. The maximum Gasteiger partial charge on any atom is 0.251 e. The molecule has 18 heavy (non-hydrogen) atoms. The number of aromatic amines is 1. The van der Waals surface area contributed by atoms with Gasteiger partial charge in [-0.1, -0.05) is 12.1 Å². The summed E-state index contributed by atoms with van der Waals surface area (Å²) in [6, 6.07) is 5.75. The van der Waals surface area contributed by atoms with Gasteiger partial charge < -0.3 is 10.1 Å². The van der Waals surface area contributed by atoms with Gasteiger partial charge in [0.05, 0.1) is 11.0 Å². The number of halogens is 1. The molecule has 0 radical (unpaired) electrons. The number of rotatable bonds is 3. The molecule has 94 valence electrons. The Hall–Kier alpha value is -1.66. The monoisotopic (exact) mass is 266 g/mol. The van der Waals surface area contributed by atoms with Gasteiger partial charge in [0.15, 0.2) is 5.16 Å². The van der Waals surface area contributed by atoms with Crippen LogP contribution in [0.2, 0.25) is 0 Å². The fourth-order valence-electron chi connectivity index (χ4n) is 1.46. The summed E-state index contributed by atoms with van der Waals surface area (Å²) in [5, 5.41) is 9.88. The predicted octanol–water partition coefficient (Wildman–Crippen LogP) is 2.11. The van der Waals surface area contributed by atoms with Gasteiger partial charge in [0.1, 0.15) is 5.82 Å². The van der Waals surface area contributed by atoms with Crippen LogP contribution in [0.1, 0.15) is 18.6 Å². The normalized spacial score (nSPS) is 12.4. The fourth-order valence-corrected chi connectivity index (χ4v) is 2.44. The first kappa shape index (κ1) is 12.8. The minimum absolute atomic E-state index is 0.266. The van der Waals surface area contributed by atoms with Crippen LogP contribution in [-0.2, 0) is 0 Å². The Morgan fingerprint density at radius 2 is 2.22 bits per heavy atom. The fraction of sp³-hybridized carbons (Fsp3) is 0.167. The SMILES string of the molecule is CC(O)c1cccc(F)c1Sc1nccc(=O)[nH]1. The highest BCUT2D eigenvalue weighted by Gasteiger charge is 2.14. The van der Waals surface area contributed by atoms with E-state index < -0.39 is 11.9 Å². The summed E-state index contributed by atoms with van der Waals surface area (Å²) in [5.41, 5.74) is 0.161. The van der Waals surface area contributed by atoms with Gasteiger partial charge in [0.2, 0.25) is 0 Å². The maximum absolute atomic E-state index is 13.7. The Labute approximate surface area is 107 Å². The van der Waals surface area contributed by atoms with Gasteiger partial charge >= 0.3 is 0 Å². The first-order valence-corrected chi connectivity index (χ1v) is 6.09. The quantitative estimate of drug-likeness (QED) is 0.835. The van der Waals surface area contributed by atoms with E-state index in [1.807, 2.05) is 0 Å². The minimum Gasteiger partial charge on any atom is -0.389 e. The molecule has 1 aromatic heterocycles. The number of aromatic nitrogens is 2. The molecule has 6 heteroatoms. The molecule has 0 saturated heterocycles. The topological polar surface area (TPSA) is 66.0 Å². The third kappa shape index (κ3) is 2.77. The highest BCUT2D eigenvalue weighted by Crippen LogP contribution is 2.33. The van der Waals surface area contributed by atoms with Crippen molar-refractivity contribution in [1.82, 2.24) is 9.97 Å². The van der Waals surface area contributed by atoms with Gasteiger partial charge in [-0.2, -0.15) is 0 Å². The van der Waals surface area contributed by atoms with Crippen LogP contribution in [-0.4, -0.2) is 15.1 Å². The number of benzene rings is 1. The third-order valence-corrected chi connectivity index (χ3v) is 3.33. The van der Waals surface area contributed by atoms with Gasteiger partial charge in [-0.05, 0) is 30.3 Å². The summed E-state index contributed by atoms with van der Waals surface area (Å²) < 4.78 is 13.7. The van der Waals surface area contributed by atoms with E-state index in [0.717, 1.165) is 11.8 Å². The van der Waals surface area contributed by atoms with Crippen molar-refractivity contribution in [3.8, 4) is 0 Å². The van der Waals surface area contributed by atoms with E-state index in [-0.39, 0.29) is 15.6 Å². The lowest BCUT2D eigenvalue weighted by Crippen LogP contribution is -2.06. The number of H-pyrrole nitrogens is 1. The van der Waals surface area contributed by atoms with Crippen LogP contribution < -0.4 is 5.56 Å². The molecule has 0 amide bonds. The molecule has 2 aromatic rings. The first-order chi connectivity index (χ1) is 8.58. The largest absolute Gasteiger partial charge is 0.389 e. The molecule has 0 aliphatic carbocycles. The summed E-state index contributed by atoms with van der Waals surface area (Å²) in [6.07, 6.45) is 0.558. The highest BCUT2D eigenvalue weighted by molar-refractivity contribution is 7.99. The number of nitrogens with one attached hydrogen (secondary N) is 1. The number of nitrogens with zero attached hydrogens (tertiary/aromatic N) is 1. The Kier molecular flexibility index (Phi) is 3.78. The van der Waals surface area contributed by atoms with Gasteiger partial charge in [-0.25, -0.2) is 9.37 Å². The lowest BCUT2D eigenvalue weighted by Gasteiger charge is -2.11. The van der Waals surface area contributed by atoms with Crippen molar-refractivity contribution in [2.45, 2.75) is 23.1 Å². The minimum atomic E-state index is -0.793. The van der Waals surface area contributed by atoms with Crippen LogP contribution in [0.15, 0.2) is 45.3 Å². The Morgan fingerprint density at radius 1 is 1.44 bits per heavy atom. The number of aliphatic hydroxyl groups is 1. The summed E-state index contributed by atoms with van der Waals surface area (Å²) in [4.78, 5) is 17.8. The molecular weight excluding hydrogens is 255 g/mol.